The molecule has 0 spiro atoms. The molecule has 2 aromatic carbocycles. The molecule has 1 fully saturated rings. The van der Waals surface area contributed by atoms with E-state index in [-0.39, 0.29) is 36.4 Å². The minimum absolute atomic E-state index is 0.0496. The lowest BCUT2D eigenvalue weighted by Crippen LogP contribution is -2.46. The first-order valence-corrected chi connectivity index (χ1v) is 16.5. The molecule has 6 rings (SSSR count). The summed E-state index contributed by atoms with van der Waals surface area (Å²) in [6.07, 6.45) is 5.35. The van der Waals surface area contributed by atoms with Gasteiger partial charge in [0.1, 0.15) is 17.8 Å². The maximum atomic E-state index is 13.8. The molecular weight excluding hydrogens is 600 g/mol. The van der Waals surface area contributed by atoms with Crippen molar-refractivity contribution in [2.45, 2.75) is 70.4 Å². The van der Waals surface area contributed by atoms with Gasteiger partial charge in [0, 0.05) is 45.4 Å². The van der Waals surface area contributed by atoms with Crippen molar-refractivity contribution in [2.75, 3.05) is 39.8 Å². The van der Waals surface area contributed by atoms with Gasteiger partial charge in [0.15, 0.2) is 11.5 Å². The maximum Gasteiger partial charge on any atom is 0.274 e. The van der Waals surface area contributed by atoms with Gasteiger partial charge < -0.3 is 29.9 Å². The van der Waals surface area contributed by atoms with E-state index in [1.54, 1.807) is 19.2 Å². The first-order valence-electron chi connectivity index (χ1n) is 16.5. The van der Waals surface area contributed by atoms with Gasteiger partial charge in [0.05, 0.1) is 30.9 Å². The van der Waals surface area contributed by atoms with E-state index in [1.807, 2.05) is 42.2 Å². The van der Waals surface area contributed by atoms with Gasteiger partial charge in [-0.1, -0.05) is 25.1 Å². The first-order chi connectivity index (χ1) is 22.9. The Hall–Kier alpha value is -4.74. The fraction of sp³-hybridized carbons (Fsp3) is 0.486. The largest absolute Gasteiger partial charge is 0.493 e. The summed E-state index contributed by atoms with van der Waals surface area (Å²) >= 11 is 0. The monoisotopic (exact) mass is 644 g/mol. The summed E-state index contributed by atoms with van der Waals surface area (Å²) in [6.45, 7) is 4.18. The van der Waals surface area contributed by atoms with E-state index in [4.69, 9.17) is 9.47 Å². The van der Waals surface area contributed by atoms with Crippen molar-refractivity contribution in [3.8, 4) is 11.5 Å². The molecule has 12 heteroatoms. The van der Waals surface area contributed by atoms with Gasteiger partial charge in [0.2, 0.25) is 17.7 Å². The Balaban J connectivity index is 1.36. The number of likely N-dealkylation sites (tertiary alicyclic amines) is 1. The molecule has 1 aromatic heterocycles. The molecule has 250 valence electrons. The smallest absolute Gasteiger partial charge is 0.274 e. The Bertz CT molecular complexity index is 1580. The molecule has 47 heavy (non-hydrogen) atoms. The predicted molar refractivity (Wildman–Crippen MR) is 176 cm³/mol. The zero-order valence-corrected chi connectivity index (χ0v) is 27.2. The number of carbonyl (C=O) groups excluding carboxylic acids is 4. The third kappa shape index (κ3) is 8.75. The molecule has 4 amide bonds. The Morgan fingerprint density at radius 1 is 1.00 bits per heavy atom. The van der Waals surface area contributed by atoms with E-state index in [0.29, 0.717) is 87.2 Å². The molecule has 2 atom stereocenters. The molecule has 0 aliphatic carbocycles. The van der Waals surface area contributed by atoms with Crippen molar-refractivity contribution in [1.82, 2.24) is 30.4 Å². The maximum absolute atomic E-state index is 13.8. The number of amides is 4. The molecule has 0 saturated carbocycles. The number of benzene rings is 2. The van der Waals surface area contributed by atoms with E-state index in [2.05, 4.69) is 20.6 Å². The van der Waals surface area contributed by atoms with E-state index < -0.39 is 18.1 Å². The Morgan fingerprint density at radius 2 is 1.79 bits per heavy atom. The highest BCUT2D eigenvalue weighted by Crippen LogP contribution is 2.32. The summed E-state index contributed by atoms with van der Waals surface area (Å²) in [5.74, 6) is 0.383. The second-order valence-electron chi connectivity index (χ2n) is 12.0. The number of rotatable bonds is 4. The van der Waals surface area contributed by atoms with Crippen LogP contribution in [-0.4, -0.2) is 95.4 Å². The number of hydrogen-bond acceptors (Lipinski definition) is 8. The van der Waals surface area contributed by atoms with Gasteiger partial charge in [-0.05, 0) is 61.9 Å². The Kier molecular flexibility index (Phi) is 11.6. The van der Waals surface area contributed by atoms with E-state index in [0.717, 1.165) is 12.0 Å². The molecule has 2 N–H and O–H groups in total. The summed E-state index contributed by atoms with van der Waals surface area (Å²) in [5.41, 5.74) is 2.34. The van der Waals surface area contributed by atoms with Crippen molar-refractivity contribution in [1.29, 1.82) is 0 Å². The Labute approximate surface area is 275 Å². The quantitative estimate of drug-likeness (QED) is 0.441. The summed E-state index contributed by atoms with van der Waals surface area (Å²) < 4.78 is 12.0. The van der Waals surface area contributed by atoms with Crippen molar-refractivity contribution in [3.05, 3.63) is 59.9 Å². The molecule has 4 heterocycles. The standard InChI is InChI=1S/C35H44N6O6/c1-3-9-33(43)40-18-7-6-16-37-34(44)29-21-25(23-41(29)35(45)28-22-38-26-10-4-5-11-27(26)39-28)47-30-14-12-24(20-31(30)46-2)13-15-32(42)36-17-8-19-40/h4-5,10-12,14,20,22,25,29H,3,6-9,13,15-19,21,23H2,1-2H3,(H,36,42)(H,37,44)/t25-,29-/m0/s1. The lowest BCUT2D eigenvalue weighted by molar-refractivity contribution is -0.131. The third-order valence-corrected chi connectivity index (χ3v) is 8.55. The third-order valence-electron chi connectivity index (χ3n) is 8.55. The Morgan fingerprint density at radius 3 is 2.60 bits per heavy atom. The summed E-state index contributed by atoms with van der Waals surface area (Å²) in [6, 6.07) is 12.1. The van der Waals surface area contributed by atoms with Crippen LogP contribution in [-0.2, 0) is 20.8 Å². The number of para-hydroxylation sites is 2. The van der Waals surface area contributed by atoms with Crippen LogP contribution in [0.4, 0.5) is 0 Å². The molecular formula is C35H44N6O6. The van der Waals surface area contributed by atoms with Crippen LogP contribution in [0.3, 0.4) is 0 Å². The lowest BCUT2D eigenvalue weighted by atomic mass is 10.1. The molecule has 0 radical (unpaired) electrons. The van der Waals surface area contributed by atoms with Crippen molar-refractivity contribution >= 4 is 34.7 Å². The van der Waals surface area contributed by atoms with E-state index in [9.17, 15) is 19.2 Å². The number of ether oxygens (including phenoxy) is 2. The fourth-order valence-electron chi connectivity index (χ4n) is 6.04. The van der Waals surface area contributed by atoms with Crippen LogP contribution in [0, 0.1) is 0 Å². The number of hydrogen-bond donors (Lipinski definition) is 2. The van der Waals surface area contributed by atoms with Crippen molar-refractivity contribution in [3.63, 3.8) is 0 Å². The summed E-state index contributed by atoms with van der Waals surface area (Å²) in [4.78, 5) is 65.0. The second kappa shape index (κ2) is 16.2. The highest BCUT2D eigenvalue weighted by molar-refractivity contribution is 5.97. The molecule has 3 aliphatic heterocycles. The predicted octanol–water partition coefficient (Wildman–Crippen LogP) is 3.28. The van der Waals surface area contributed by atoms with Crippen LogP contribution in [0.5, 0.6) is 11.5 Å². The molecule has 4 bridgehead atoms. The lowest BCUT2D eigenvalue weighted by Gasteiger charge is -2.24. The van der Waals surface area contributed by atoms with Crippen molar-refractivity contribution in [2.24, 2.45) is 0 Å². The van der Waals surface area contributed by atoms with Crippen LogP contribution < -0.4 is 20.1 Å². The van der Waals surface area contributed by atoms with Crippen LogP contribution in [0.15, 0.2) is 48.7 Å². The van der Waals surface area contributed by atoms with Gasteiger partial charge >= 0.3 is 0 Å². The van der Waals surface area contributed by atoms with Crippen molar-refractivity contribution < 1.29 is 28.7 Å². The van der Waals surface area contributed by atoms with Crippen LogP contribution in [0.25, 0.3) is 11.0 Å². The molecule has 12 nitrogen and oxygen atoms in total. The van der Waals surface area contributed by atoms with Crippen LogP contribution in [0.1, 0.15) is 67.9 Å². The number of methoxy groups -OCH3 is 1. The normalized spacial score (nSPS) is 20.0. The van der Waals surface area contributed by atoms with Gasteiger partial charge in [-0.3, -0.25) is 24.2 Å². The molecule has 1 saturated heterocycles. The average Bonchev–Trinajstić information content (AvgIpc) is 3.51. The SMILES string of the molecule is CCCC(=O)N1CCCCNC(=O)[C@@H]2C[C@@H](CN2C(=O)c2cnc3ccccc3n2)Oc2ccc(cc2OC)CCC(=O)NCCC1. The molecule has 0 unspecified atom stereocenters. The highest BCUT2D eigenvalue weighted by atomic mass is 16.5. The fourth-order valence-corrected chi connectivity index (χ4v) is 6.04. The van der Waals surface area contributed by atoms with Crippen LogP contribution in [0.2, 0.25) is 0 Å². The topological polar surface area (TPSA) is 143 Å². The number of carbonyl (C=O) groups is 4. The number of nitrogens with one attached hydrogen (secondary N) is 2. The highest BCUT2D eigenvalue weighted by Gasteiger charge is 2.41. The zero-order valence-electron chi connectivity index (χ0n) is 27.2. The molecule has 3 aromatic rings. The van der Waals surface area contributed by atoms with E-state index in [1.165, 1.54) is 11.1 Å². The number of aromatic nitrogens is 2. The second-order valence-corrected chi connectivity index (χ2v) is 12.0. The van der Waals surface area contributed by atoms with Gasteiger partial charge in [-0.25, -0.2) is 4.98 Å². The van der Waals surface area contributed by atoms with Gasteiger partial charge in [0.25, 0.3) is 5.91 Å². The number of aryl methyl sites for hydroxylation is 1. The minimum Gasteiger partial charge on any atom is -0.493 e. The first kappa shape index (κ1) is 33.6. The average molecular weight is 645 g/mol. The van der Waals surface area contributed by atoms with Crippen LogP contribution >= 0.6 is 0 Å². The van der Waals surface area contributed by atoms with Gasteiger partial charge in [-0.15, -0.1) is 0 Å². The van der Waals surface area contributed by atoms with Gasteiger partial charge in [-0.2, -0.15) is 0 Å². The zero-order chi connectivity index (χ0) is 33.2. The number of fused-ring (bicyclic) bond motifs is 16. The minimum atomic E-state index is -0.773. The van der Waals surface area contributed by atoms with E-state index >= 15 is 0 Å². The summed E-state index contributed by atoms with van der Waals surface area (Å²) in [5, 5.41) is 5.97. The number of nitrogens with zero attached hydrogens (tertiary/aromatic N) is 4. The molecule has 3 aliphatic rings. The summed E-state index contributed by atoms with van der Waals surface area (Å²) in [7, 11) is 1.55.